The van der Waals surface area contributed by atoms with Gasteiger partial charge in [0.1, 0.15) is 0 Å². The Hall–Kier alpha value is -2.18. The maximum Gasteiger partial charge on any atom is 0.227 e. The van der Waals surface area contributed by atoms with Crippen LogP contribution in [0.4, 0.5) is 0 Å². The minimum Gasteiger partial charge on any atom is -0.334 e. The summed E-state index contributed by atoms with van der Waals surface area (Å²) in [4.78, 5) is 17.1. The van der Waals surface area contributed by atoms with E-state index >= 15 is 0 Å². The molecule has 1 aliphatic heterocycles. The minimum absolute atomic E-state index is 0.194. The van der Waals surface area contributed by atoms with E-state index in [-0.39, 0.29) is 11.9 Å². The molecule has 3 aromatic rings. The molecule has 130 valence electrons. The second kappa shape index (κ2) is 6.61. The molecule has 6 heteroatoms. The van der Waals surface area contributed by atoms with E-state index in [2.05, 4.69) is 46.3 Å². The van der Waals surface area contributed by atoms with Crippen molar-refractivity contribution in [3.05, 3.63) is 53.2 Å². The number of amides is 1. The summed E-state index contributed by atoms with van der Waals surface area (Å²) in [6, 6.07) is 10.5. The zero-order valence-corrected chi connectivity index (χ0v) is 15.4. The van der Waals surface area contributed by atoms with Crippen molar-refractivity contribution in [3.63, 3.8) is 0 Å². The van der Waals surface area contributed by atoms with Crippen molar-refractivity contribution in [2.45, 2.75) is 19.0 Å². The van der Waals surface area contributed by atoms with E-state index in [0.29, 0.717) is 19.5 Å². The minimum atomic E-state index is 0.194. The lowest BCUT2D eigenvalue weighted by Crippen LogP contribution is -2.44. The maximum atomic E-state index is 13.0. The predicted octanol–water partition coefficient (Wildman–Crippen LogP) is 2.79. The average Bonchev–Trinajstić information content (AvgIpc) is 3.21. The number of hydrogen-bond donors (Lipinski definition) is 0. The lowest BCUT2D eigenvalue weighted by Gasteiger charge is -2.35. The van der Waals surface area contributed by atoms with Gasteiger partial charge >= 0.3 is 0 Å². The first-order valence-corrected chi connectivity index (χ1v) is 9.40. The zero-order valence-electron chi connectivity index (χ0n) is 14.6. The summed E-state index contributed by atoms with van der Waals surface area (Å²) < 4.78 is 3.32. The van der Waals surface area contributed by atoms with Crippen LogP contribution in [-0.4, -0.2) is 52.7 Å². The molecule has 0 spiro atoms. The standard InChI is InChI=1S/C19H22N4OS/c1-21(2)10-16-12-22(11-15-7-8-20-23(15)16)19(24)9-14-13-25-18-6-4-3-5-17(14)18/h3-8,13,16H,9-12H2,1-2H3/t16-/m1/s1. The lowest BCUT2D eigenvalue weighted by atomic mass is 10.1. The van der Waals surface area contributed by atoms with E-state index in [9.17, 15) is 4.79 Å². The van der Waals surface area contributed by atoms with Crippen LogP contribution in [0.15, 0.2) is 41.9 Å². The van der Waals surface area contributed by atoms with Crippen molar-refractivity contribution in [2.75, 3.05) is 27.2 Å². The van der Waals surface area contributed by atoms with Gasteiger partial charge in [-0.25, -0.2) is 0 Å². The number of nitrogens with zero attached hydrogens (tertiary/aromatic N) is 4. The smallest absolute Gasteiger partial charge is 0.227 e. The molecule has 1 amide bonds. The number of fused-ring (bicyclic) bond motifs is 2. The van der Waals surface area contributed by atoms with Crippen molar-refractivity contribution in [1.82, 2.24) is 19.6 Å². The monoisotopic (exact) mass is 354 g/mol. The summed E-state index contributed by atoms with van der Waals surface area (Å²) in [5.41, 5.74) is 2.25. The average molecular weight is 354 g/mol. The highest BCUT2D eigenvalue weighted by molar-refractivity contribution is 7.17. The Morgan fingerprint density at radius 1 is 1.32 bits per heavy atom. The third-order valence-electron chi connectivity index (χ3n) is 4.71. The molecule has 0 N–H and O–H groups in total. The van der Waals surface area contributed by atoms with Crippen molar-refractivity contribution in [1.29, 1.82) is 0 Å². The summed E-state index contributed by atoms with van der Waals surface area (Å²) in [5, 5.41) is 7.78. The van der Waals surface area contributed by atoms with Crippen LogP contribution in [0.2, 0.25) is 0 Å². The van der Waals surface area contributed by atoms with E-state index in [4.69, 9.17) is 0 Å². The molecule has 4 rings (SSSR count). The van der Waals surface area contributed by atoms with E-state index in [1.54, 1.807) is 11.3 Å². The van der Waals surface area contributed by atoms with Crippen LogP contribution in [0.1, 0.15) is 17.3 Å². The highest BCUT2D eigenvalue weighted by Gasteiger charge is 2.29. The normalized spacial score (nSPS) is 17.2. The van der Waals surface area contributed by atoms with E-state index in [1.807, 2.05) is 29.3 Å². The van der Waals surface area contributed by atoms with Crippen LogP contribution in [0, 0.1) is 0 Å². The third kappa shape index (κ3) is 3.19. The van der Waals surface area contributed by atoms with Crippen molar-refractivity contribution >= 4 is 27.3 Å². The van der Waals surface area contributed by atoms with Gasteiger partial charge in [0.25, 0.3) is 0 Å². The number of carbonyl (C=O) groups excluding carboxylic acids is 1. The van der Waals surface area contributed by atoms with Crippen LogP contribution in [0.5, 0.6) is 0 Å². The van der Waals surface area contributed by atoms with Gasteiger partial charge in [0.2, 0.25) is 5.91 Å². The number of likely N-dealkylation sites (N-methyl/N-ethyl adjacent to an activating group) is 1. The lowest BCUT2D eigenvalue weighted by molar-refractivity contribution is -0.132. The Kier molecular flexibility index (Phi) is 4.31. The number of thiophene rings is 1. The fourth-order valence-electron chi connectivity index (χ4n) is 3.58. The fourth-order valence-corrected chi connectivity index (χ4v) is 4.54. The molecule has 1 atom stereocenters. The van der Waals surface area contributed by atoms with Crippen LogP contribution >= 0.6 is 11.3 Å². The van der Waals surface area contributed by atoms with Gasteiger partial charge in [-0.3, -0.25) is 9.48 Å². The molecule has 0 bridgehead atoms. The molecule has 1 aromatic carbocycles. The van der Waals surface area contributed by atoms with Gasteiger partial charge in [-0.2, -0.15) is 5.10 Å². The molecule has 2 aromatic heterocycles. The summed E-state index contributed by atoms with van der Waals surface area (Å²) >= 11 is 1.71. The first-order valence-electron chi connectivity index (χ1n) is 8.52. The number of benzene rings is 1. The molecule has 0 unspecified atom stereocenters. The van der Waals surface area contributed by atoms with Crippen LogP contribution < -0.4 is 0 Å². The topological polar surface area (TPSA) is 41.4 Å². The Balaban J connectivity index is 1.54. The summed E-state index contributed by atoms with van der Waals surface area (Å²) in [7, 11) is 4.11. The summed E-state index contributed by atoms with van der Waals surface area (Å²) in [5.74, 6) is 0.194. The number of hydrogen-bond acceptors (Lipinski definition) is 4. The van der Waals surface area contributed by atoms with Gasteiger partial charge in [-0.1, -0.05) is 18.2 Å². The highest BCUT2D eigenvalue weighted by Crippen LogP contribution is 2.27. The molecule has 0 radical (unpaired) electrons. The van der Waals surface area contributed by atoms with Crippen molar-refractivity contribution in [2.24, 2.45) is 0 Å². The molecular formula is C19H22N4OS. The molecule has 0 saturated heterocycles. The molecule has 0 fully saturated rings. The third-order valence-corrected chi connectivity index (χ3v) is 5.73. The number of aromatic nitrogens is 2. The van der Waals surface area contributed by atoms with Crippen molar-refractivity contribution < 1.29 is 4.79 Å². The number of carbonyl (C=O) groups is 1. The second-order valence-electron chi connectivity index (χ2n) is 6.89. The largest absolute Gasteiger partial charge is 0.334 e. The highest BCUT2D eigenvalue weighted by atomic mass is 32.1. The molecule has 0 saturated carbocycles. The zero-order chi connectivity index (χ0) is 17.4. The first-order chi connectivity index (χ1) is 12.1. The summed E-state index contributed by atoms with van der Waals surface area (Å²) in [6.07, 6.45) is 2.30. The quantitative estimate of drug-likeness (QED) is 0.723. The van der Waals surface area contributed by atoms with Gasteiger partial charge in [0, 0.05) is 24.0 Å². The van der Waals surface area contributed by atoms with Gasteiger partial charge in [0.15, 0.2) is 0 Å². The van der Waals surface area contributed by atoms with Crippen LogP contribution in [0.25, 0.3) is 10.1 Å². The van der Waals surface area contributed by atoms with Gasteiger partial charge in [-0.15, -0.1) is 11.3 Å². The first kappa shape index (κ1) is 16.3. The summed E-state index contributed by atoms with van der Waals surface area (Å²) in [6.45, 7) is 2.23. The van der Waals surface area contributed by atoms with Gasteiger partial charge < -0.3 is 9.80 Å². The Labute approximate surface area is 151 Å². The molecule has 0 aliphatic carbocycles. The predicted molar refractivity (Wildman–Crippen MR) is 101 cm³/mol. The molecule has 1 aliphatic rings. The Morgan fingerprint density at radius 3 is 3.00 bits per heavy atom. The Morgan fingerprint density at radius 2 is 2.16 bits per heavy atom. The molecular weight excluding hydrogens is 332 g/mol. The van der Waals surface area contributed by atoms with Gasteiger partial charge in [-0.05, 0) is 42.6 Å². The SMILES string of the molecule is CN(C)C[C@@H]1CN(C(=O)Cc2csc3ccccc23)Cc2ccnn21. The van der Waals surface area contributed by atoms with Crippen LogP contribution in [-0.2, 0) is 17.8 Å². The maximum absolute atomic E-state index is 13.0. The molecule has 5 nitrogen and oxygen atoms in total. The van der Waals surface area contributed by atoms with Crippen molar-refractivity contribution in [3.8, 4) is 0 Å². The Bertz CT molecular complexity index is 898. The second-order valence-corrected chi connectivity index (χ2v) is 7.80. The van der Waals surface area contributed by atoms with E-state index < -0.39 is 0 Å². The van der Waals surface area contributed by atoms with E-state index in [1.165, 1.54) is 10.1 Å². The van der Waals surface area contributed by atoms with Gasteiger partial charge in [0.05, 0.1) is 24.7 Å². The molecule has 3 heterocycles. The van der Waals surface area contributed by atoms with Crippen LogP contribution in [0.3, 0.4) is 0 Å². The molecule has 25 heavy (non-hydrogen) atoms. The van der Waals surface area contributed by atoms with E-state index in [0.717, 1.165) is 17.8 Å². The number of rotatable bonds is 4. The fraction of sp³-hybridized carbons (Fsp3) is 0.368.